The van der Waals surface area contributed by atoms with Gasteiger partial charge in [0.2, 0.25) is 5.91 Å². The minimum absolute atomic E-state index is 0.0140. The van der Waals surface area contributed by atoms with Crippen molar-refractivity contribution in [3.05, 3.63) is 59.9 Å². The molecule has 1 aliphatic carbocycles. The molecule has 6 heteroatoms. The fraction of sp³-hybridized carbons (Fsp3) is 0.417. The summed E-state index contributed by atoms with van der Waals surface area (Å²) in [5, 5.41) is 3.75. The van der Waals surface area contributed by atoms with Crippen molar-refractivity contribution in [1.82, 2.24) is 4.90 Å². The molecule has 0 spiro atoms. The van der Waals surface area contributed by atoms with Crippen LogP contribution in [0.1, 0.15) is 48.9 Å². The normalized spacial score (nSPS) is 17.8. The van der Waals surface area contributed by atoms with Crippen LogP contribution < -0.4 is 5.32 Å². The highest BCUT2D eigenvalue weighted by atomic mass is 32.2. The summed E-state index contributed by atoms with van der Waals surface area (Å²) in [5.74, 6) is -0.550. The third-order valence-corrected chi connectivity index (χ3v) is 7.32. The van der Waals surface area contributed by atoms with Crippen LogP contribution >= 0.6 is 11.8 Å². The fourth-order valence-corrected chi connectivity index (χ4v) is 5.43. The number of rotatable bonds is 5. The average Bonchev–Trinajstić information content (AvgIpc) is 3.28. The second-order valence-electron chi connectivity index (χ2n) is 8.11. The lowest BCUT2D eigenvalue weighted by atomic mass is 9.95. The van der Waals surface area contributed by atoms with E-state index in [4.69, 9.17) is 0 Å². The van der Waals surface area contributed by atoms with Gasteiger partial charge < -0.3 is 10.2 Å². The number of benzene rings is 2. The zero-order valence-corrected chi connectivity index (χ0v) is 17.8. The second-order valence-corrected chi connectivity index (χ2v) is 9.49. The highest BCUT2D eigenvalue weighted by molar-refractivity contribution is 8.00. The van der Waals surface area contributed by atoms with Gasteiger partial charge in [0.05, 0.1) is 0 Å². The van der Waals surface area contributed by atoms with E-state index in [0.29, 0.717) is 31.5 Å². The van der Waals surface area contributed by atoms with E-state index in [2.05, 4.69) is 17.4 Å². The van der Waals surface area contributed by atoms with E-state index in [9.17, 15) is 14.0 Å². The molecule has 0 unspecified atom stereocenters. The van der Waals surface area contributed by atoms with E-state index in [0.717, 1.165) is 10.9 Å². The van der Waals surface area contributed by atoms with E-state index in [1.165, 1.54) is 54.8 Å². The van der Waals surface area contributed by atoms with Gasteiger partial charge in [0, 0.05) is 40.4 Å². The van der Waals surface area contributed by atoms with Gasteiger partial charge >= 0.3 is 0 Å². The van der Waals surface area contributed by atoms with E-state index in [1.807, 2.05) is 23.9 Å². The predicted octanol–water partition coefficient (Wildman–Crippen LogP) is 5.35. The maximum atomic E-state index is 13.1. The number of halogens is 1. The number of hydrogen-bond acceptors (Lipinski definition) is 3. The molecular weight excluding hydrogens is 399 g/mol. The first-order chi connectivity index (χ1) is 14.6. The number of piperidine rings is 1. The third kappa shape index (κ3) is 5.22. The molecule has 30 heavy (non-hydrogen) atoms. The zero-order chi connectivity index (χ0) is 20.9. The molecule has 0 aromatic heterocycles. The molecule has 158 valence electrons. The van der Waals surface area contributed by atoms with Crippen molar-refractivity contribution in [3.63, 3.8) is 0 Å². The summed E-state index contributed by atoms with van der Waals surface area (Å²) in [6.07, 6.45) is 6.53. The molecule has 2 aromatic carbocycles. The van der Waals surface area contributed by atoms with Gasteiger partial charge in [-0.05, 0) is 74.2 Å². The van der Waals surface area contributed by atoms with Gasteiger partial charge in [-0.15, -0.1) is 11.8 Å². The maximum absolute atomic E-state index is 13.1. The van der Waals surface area contributed by atoms with Crippen LogP contribution in [0, 0.1) is 11.7 Å². The number of anilines is 1. The van der Waals surface area contributed by atoms with Crippen molar-refractivity contribution in [2.45, 2.75) is 48.7 Å². The van der Waals surface area contributed by atoms with Crippen LogP contribution in [-0.2, 0) is 4.79 Å². The van der Waals surface area contributed by atoms with Gasteiger partial charge in [0.1, 0.15) is 5.82 Å². The molecule has 2 amide bonds. The Hall–Kier alpha value is -2.34. The van der Waals surface area contributed by atoms with Crippen molar-refractivity contribution in [2.24, 2.45) is 5.92 Å². The molecule has 1 saturated carbocycles. The summed E-state index contributed by atoms with van der Waals surface area (Å²) in [5.41, 5.74) is 1.30. The topological polar surface area (TPSA) is 49.4 Å². The summed E-state index contributed by atoms with van der Waals surface area (Å²) < 4.78 is 13.1. The van der Waals surface area contributed by atoms with Crippen LogP contribution in [-0.4, -0.2) is 35.1 Å². The second kappa shape index (κ2) is 9.65. The SMILES string of the molecule is O=C(Nc1ccc(SC2CCCC2)cc1)C1CCN(C(=O)c2ccc(F)cc2)CC1. The molecule has 0 radical (unpaired) electrons. The molecule has 1 aliphatic heterocycles. The highest BCUT2D eigenvalue weighted by Crippen LogP contribution is 2.35. The number of amides is 2. The monoisotopic (exact) mass is 426 g/mol. The molecule has 0 bridgehead atoms. The molecule has 4 rings (SSSR count). The maximum Gasteiger partial charge on any atom is 0.253 e. The van der Waals surface area contributed by atoms with Crippen LogP contribution in [0.4, 0.5) is 10.1 Å². The Balaban J connectivity index is 1.26. The quantitative estimate of drug-likeness (QED) is 0.701. The van der Waals surface area contributed by atoms with E-state index in [-0.39, 0.29) is 23.5 Å². The summed E-state index contributed by atoms with van der Waals surface area (Å²) >= 11 is 1.94. The van der Waals surface area contributed by atoms with Gasteiger partial charge in [-0.3, -0.25) is 9.59 Å². The molecule has 1 heterocycles. The minimum Gasteiger partial charge on any atom is -0.339 e. The number of nitrogens with one attached hydrogen (secondary N) is 1. The predicted molar refractivity (Wildman–Crippen MR) is 118 cm³/mol. The van der Waals surface area contributed by atoms with Gasteiger partial charge in [-0.1, -0.05) is 12.8 Å². The summed E-state index contributed by atoms with van der Waals surface area (Å²) in [6.45, 7) is 1.07. The fourth-order valence-electron chi connectivity index (χ4n) is 4.18. The lowest BCUT2D eigenvalue weighted by Crippen LogP contribution is -2.41. The molecular formula is C24H27FN2O2S. The first-order valence-electron chi connectivity index (χ1n) is 10.7. The Morgan fingerprint density at radius 3 is 2.17 bits per heavy atom. The van der Waals surface area contributed by atoms with Gasteiger partial charge in [0.15, 0.2) is 0 Å². The summed E-state index contributed by atoms with van der Waals surface area (Å²) in [6, 6.07) is 13.7. The molecule has 2 aliphatic rings. The van der Waals surface area contributed by atoms with Gasteiger partial charge in [-0.25, -0.2) is 4.39 Å². The minimum atomic E-state index is -0.355. The number of nitrogens with zero attached hydrogens (tertiary/aromatic N) is 1. The lowest BCUT2D eigenvalue weighted by Gasteiger charge is -2.31. The number of carbonyl (C=O) groups is 2. The third-order valence-electron chi connectivity index (χ3n) is 5.97. The van der Waals surface area contributed by atoms with Crippen molar-refractivity contribution in [1.29, 1.82) is 0 Å². The van der Waals surface area contributed by atoms with Crippen molar-refractivity contribution >= 4 is 29.3 Å². The lowest BCUT2D eigenvalue weighted by molar-refractivity contribution is -0.121. The standard InChI is InChI=1S/C24H27FN2O2S/c25-19-7-5-18(6-8-19)24(29)27-15-13-17(14-16-27)23(28)26-20-9-11-22(12-10-20)30-21-3-1-2-4-21/h5-12,17,21H,1-4,13-16H2,(H,26,28). The number of likely N-dealkylation sites (tertiary alicyclic amines) is 1. The number of hydrogen-bond donors (Lipinski definition) is 1. The van der Waals surface area contributed by atoms with E-state index in [1.54, 1.807) is 4.90 Å². The van der Waals surface area contributed by atoms with Crippen LogP contribution in [0.25, 0.3) is 0 Å². The smallest absolute Gasteiger partial charge is 0.253 e. The average molecular weight is 427 g/mol. The van der Waals surface area contributed by atoms with Crippen LogP contribution in [0.5, 0.6) is 0 Å². The number of carbonyl (C=O) groups excluding carboxylic acids is 2. The van der Waals surface area contributed by atoms with Gasteiger partial charge in [0.25, 0.3) is 5.91 Å². The number of thioether (sulfide) groups is 1. The summed E-state index contributed by atoms with van der Waals surface area (Å²) in [4.78, 5) is 28.2. The molecule has 1 N–H and O–H groups in total. The van der Waals surface area contributed by atoms with Crippen LogP contribution in [0.2, 0.25) is 0 Å². The Bertz CT molecular complexity index is 871. The van der Waals surface area contributed by atoms with E-state index < -0.39 is 0 Å². The Kier molecular flexibility index (Phi) is 6.72. The largest absolute Gasteiger partial charge is 0.339 e. The molecule has 1 saturated heterocycles. The first kappa shape index (κ1) is 20.9. The van der Waals surface area contributed by atoms with Crippen LogP contribution in [0.15, 0.2) is 53.4 Å². The summed E-state index contributed by atoms with van der Waals surface area (Å²) in [7, 11) is 0. The molecule has 4 nitrogen and oxygen atoms in total. The van der Waals surface area contributed by atoms with Crippen molar-refractivity contribution < 1.29 is 14.0 Å². The highest BCUT2D eigenvalue weighted by Gasteiger charge is 2.28. The molecule has 0 atom stereocenters. The Morgan fingerprint density at radius 1 is 0.900 bits per heavy atom. The molecule has 2 aromatic rings. The first-order valence-corrected chi connectivity index (χ1v) is 11.6. The molecule has 2 fully saturated rings. The zero-order valence-electron chi connectivity index (χ0n) is 17.0. The Morgan fingerprint density at radius 2 is 1.53 bits per heavy atom. The van der Waals surface area contributed by atoms with Crippen molar-refractivity contribution in [3.8, 4) is 0 Å². The van der Waals surface area contributed by atoms with Crippen molar-refractivity contribution in [2.75, 3.05) is 18.4 Å². The van der Waals surface area contributed by atoms with E-state index >= 15 is 0 Å². The van der Waals surface area contributed by atoms with Gasteiger partial charge in [-0.2, -0.15) is 0 Å². The van der Waals surface area contributed by atoms with Crippen LogP contribution in [0.3, 0.4) is 0 Å². The Labute approximate surface area is 181 Å².